The Morgan fingerprint density at radius 3 is 2.70 bits per heavy atom. The molecule has 2 aromatic carbocycles. The molecule has 0 aliphatic rings. The fourth-order valence-electron chi connectivity index (χ4n) is 2.21. The van der Waals surface area contributed by atoms with Crippen molar-refractivity contribution in [3.05, 3.63) is 80.7 Å². The maximum absolute atomic E-state index is 12.2. The van der Waals surface area contributed by atoms with E-state index in [9.17, 15) is 4.79 Å². The summed E-state index contributed by atoms with van der Waals surface area (Å²) in [6.07, 6.45) is 0.340. The number of nitrogens with zero attached hydrogens (tertiary/aromatic N) is 2. The smallest absolute Gasteiger partial charge is 0.274 e. The van der Waals surface area contributed by atoms with E-state index in [1.807, 2.05) is 49.4 Å². The number of hydrogen-bond donors (Lipinski definition) is 2. The van der Waals surface area contributed by atoms with Crippen molar-refractivity contribution in [2.75, 3.05) is 5.32 Å². The van der Waals surface area contributed by atoms with Gasteiger partial charge in [-0.1, -0.05) is 41.9 Å². The van der Waals surface area contributed by atoms with Crippen molar-refractivity contribution in [1.29, 1.82) is 0 Å². The number of anilines is 2. The van der Waals surface area contributed by atoms with Gasteiger partial charge in [0.1, 0.15) is 5.69 Å². The summed E-state index contributed by atoms with van der Waals surface area (Å²) in [4.78, 5) is 14.9. The summed E-state index contributed by atoms with van der Waals surface area (Å²) in [7, 11) is 0. The van der Waals surface area contributed by atoms with Gasteiger partial charge in [-0.2, -0.15) is 0 Å². The minimum atomic E-state index is -0.282. The van der Waals surface area contributed by atoms with Gasteiger partial charge >= 0.3 is 0 Å². The van der Waals surface area contributed by atoms with E-state index in [-0.39, 0.29) is 5.56 Å². The molecule has 0 atom stereocenters. The van der Waals surface area contributed by atoms with Crippen molar-refractivity contribution in [1.82, 2.24) is 15.2 Å². The second kappa shape index (κ2) is 6.62. The zero-order valence-corrected chi connectivity index (χ0v) is 13.3. The molecule has 2 N–H and O–H groups in total. The van der Waals surface area contributed by atoms with Crippen molar-refractivity contribution in [2.45, 2.75) is 13.3 Å². The van der Waals surface area contributed by atoms with Crippen molar-refractivity contribution < 1.29 is 0 Å². The summed E-state index contributed by atoms with van der Waals surface area (Å²) in [6.45, 7) is 1.99. The summed E-state index contributed by atoms with van der Waals surface area (Å²) in [6, 6.07) is 15.1. The molecule has 5 nitrogen and oxygen atoms in total. The molecule has 0 bridgehead atoms. The highest BCUT2D eigenvalue weighted by atomic mass is 35.5. The molecule has 0 aliphatic carbocycles. The van der Waals surface area contributed by atoms with Crippen LogP contribution in [0, 0.1) is 6.92 Å². The molecule has 3 rings (SSSR count). The van der Waals surface area contributed by atoms with Gasteiger partial charge in [0.25, 0.3) is 5.56 Å². The minimum absolute atomic E-state index is 0.282. The number of halogens is 1. The molecule has 0 amide bonds. The number of nitrogens with one attached hydrogen (secondary N) is 2. The number of aromatic nitrogens is 3. The average molecular weight is 327 g/mol. The Balaban J connectivity index is 1.81. The van der Waals surface area contributed by atoms with Gasteiger partial charge in [0, 0.05) is 17.1 Å². The van der Waals surface area contributed by atoms with Crippen LogP contribution in [0.4, 0.5) is 11.6 Å². The van der Waals surface area contributed by atoms with E-state index in [0.717, 1.165) is 16.8 Å². The van der Waals surface area contributed by atoms with E-state index < -0.39 is 0 Å². The van der Waals surface area contributed by atoms with E-state index >= 15 is 0 Å². The molecule has 3 aromatic rings. The van der Waals surface area contributed by atoms with Crippen molar-refractivity contribution in [3.8, 4) is 0 Å². The fraction of sp³-hybridized carbons (Fsp3) is 0.118. The van der Waals surface area contributed by atoms with Gasteiger partial charge in [-0.05, 0) is 36.2 Å². The molecule has 0 unspecified atom stereocenters. The molecular weight excluding hydrogens is 312 g/mol. The van der Waals surface area contributed by atoms with Crippen LogP contribution in [0.25, 0.3) is 0 Å². The van der Waals surface area contributed by atoms with E-state index in [1.54, 1.807) is 6.07 Å². The summed E-state index contributed by atoms with van der Waals surface area (Å²) >= 11 is 6.11. The first-order chi connectivity index (χ1) is 11.1. The van der Waals surface area contributed by atoms with Crippen LogP contribution in [-0.2, 0) is 6.42 Å². The monoisotopic (exact) mass is 326 g/mol. The number of aryl methyl sites for hydroxylation is 1. The Hall–Kier alpha value is -2.66. The maximum atomic E-state index is 12.2. The van der Waals surface area contributed by atoms with Crippen LogP contribution in [0.2, 0.25) is 5.02 Å². The predicted octanol–water partition coefficient (Wildman–Crippen LogP) is 3.46. The minimum Gasteiger partial charge on any atom is -0.324 e. The van der Waals surface area contributed by atoms with Crippen molar-refractivity contribution >= 4 is 23.2 Å². The van der Waals surface area contributed by atoms with E-state index in [4.69, 9.17) is 11.6 Å². The van der Waals surface area contributed by atoms with Crippen LogP contribution in [0.1, 0.15) is 16.8 Å². The molecule has 0 saturated heterocycles. The first kappa shape index (κ1) is 15.2. The van der Waals surface area contributed by atoms with Gasteiger partial charge in [0.15, 0.2) is 0 Å². The summed E-state index contributed by atoms with van der Waals surface area (Å²) in [5.74, 6) is 0.309. The Kier molecular flexibility index (Phi) is 4.39. The third-order valence-corrected chi connectivity index (χ3v) is 3.73. The molecule has 0 fully saturated rings. The van der Waals surface area contributed by atoms with Crippen LogP contribution >= 0.6 is 11.6 Å². The molecule has 6 heteroatoms. The molecule has 23 heavy (non-hydrogen) atoms. The van der Waals surface area contributed by atoms with Gasteiger partial charge < -0.3 is 5.32 Å². The van der Waals surface area contributed by atoms with Gasteiger partial charge in [-0.25, -0.2) is 0 Å². The molecule has 0 spiro atoms. The zero-order valence-electron chi connectivity index (χ0n) is 12.5. The van der Waals surface area contributed by atoms with E-state index in [1.165, 1.54) is 0 Å². The average Bonchev–Trinajstić information content (AvgIpc) is 2.52. The Bertz CT molecular complexity index is 892. The molecule has 0 saturated carbocycles. The fourth-order valence-corrected chi connectivity index (χ4v) is 2.42. The second-order valence-electron chi connectivity index (χ2n) is 5.21. The summed E-state index contributed by atoms with van der Waals surface area (Å²) in [5, 5.41) is 11.7. The largest absolute Gasteiger partial charge is 0.324 e. The third kappa shape index (κ3) is 3.76. The van der Waals surface area contributed by atoms with Crippen molar-refractivity contribution in [3.63, 3.8) is 0 Å². The lowest BCUT2D eigenvalue weighted by atomic mass is 10.1. The zero-order chi connectivity index (χ0) is 16.2. The lowest BCUT2D eigenvalue weighted by molar-refractivity contribution is 0.874. The SMILES string of the molecule is Cc1cccc(Nc2nnc(Cc3ccccc3Cl)c(=O)[nH]2)c1. The van der Waals surface area contributed by atoms with Crippen LogP contribution in [0.5, 0.6) is 0 Å². The quantitative estimate of drug-likeness (QED) is 0.770. The van der Waals surface area contributed by atoms with Gasteiger partial charge in [0.2, 0.25) is 5.95 Å². The van der Waals surface area contributed by atoms with Crippen molar-refractivity contribution in [2.24, 2.45) is 0 Å². The third-order valence-electron chi connectivity index (χ3n) is 3.36. The van der Waals surface area contributed by atoms with Crippen LogP contribution in [0.15, 0.2) is 53.3 Å². The number of benzene rings is 2. The van der Waals surface area contributed by atoms with E-state index in [2.05, 4.69) is 20.5 Å². The van der Waals surface area contributed by atoms with Crippen LogP contribution in [-0.4, -0.2) is 15.2 Å². The number of aromatic amines is 1. The summed E-state index contributed by atoms with van der Waals surface area (Å²) < 4.78 is 0. The molecule has 1 aromatic heterocycles. The molecular formula is C17H15ClN4O. The predicted molar refractivity (Wildman–Crippen MR) is 91.4 cm³/mol. The van der Waals surface area contributed by atoms with Gasteiger partial charge in [0.05, 0.1) is 0 Å². The Labute approximate surface area is 138 Å². The number of rotatable bonds is 4. The van der Waals surface area contributed by atoms with E-state index in [0.29, 0.717) is 23.1 Å². The normalized spacial score (nSPS) is 10.5. The topological polar surface area (TPSA) is 70.7 Å². The van der Waals surface area contributed by atoms with Crippen LogP contribution in [0.3, 0.4) is 0 Å². The number of H-pyrrole nitrogens is 1. The lowest BCUT2D eigenvalue weighted by Gasteiger charge is -2.06. The first-order valence-corrected chi connectivity index (χ1v) is 7.52. The second-order valence-corrected chi connectivity index (χ2v) is 5.62. The molecule has 0 aliphatic heterocycles. The summed E-state index contributed by atoms with van der Waals surface area (Å²) in [5.41, 5.74) is 2.84. The Morgan fingerprint density at radius 2 is 1.96 bits per heavy atom. The van der Waals surface area contributed by atoms with Crippen LogP contribution < -0.4 is 10.9 Å². The van der Waals surface area contributed by atoms with Gasteiger partial charge in [-0.3, -0.25) is 9.78 Å². The molecule has 1 heterocycles. The molecule has 116 valence electrons. The Morgan fingerprint density at radius 1 is 1.13 bits per heavy atom. The number of hydrogen-bond acceptors (Lipinski definition) is 4. The first-order valence-electron chi connectivity index (χ1n) is 7.15. The maximum Gasteiger partial charge on any atom is 0.274 e. The highest BCUT2D eigenvalue weighted by molar-refractivity contribution is 6.31. The standard InChI is InChI=1S/C17H15ClN4O/c1-11-5-4-7-13(9-11)19-17-20-16(23)15(21-22-17)10-12-6-2-3-8-14(12)18/h2-9H,10H2,1H3,(H2,19,20,22,23). The van der Waals surface area contributed by atoms with Gasteiger partial charge in [-0.15, -0.1) is 10.2 Å². The highest BCUT2D eigenvalue weighted by Gasteiger charge is 2.08. The highest BCUT2D eigenvalue weighted by Crippen LogP contribution is 2.17. The molecule has 0 radical (unpaired) electrons. The lowest BCUT2D eigenvalue weighted by Crippen LogP contribution is -2.19.